The highest BCUT2D eigenvalue weighted by Crippen LogP contribution is 2.66. The van der Waals surface area contributed by atoms with Crippen molar-refractivity contribution < 1.29 is 150 Å². The Morgan fingerprint density at radius 1 is 0.306 bits per heavy atom. The van der Waals surface area contributed by atoms with E-state index in [4.69, 9.17) is 0 Å². The lowest BCUT2D eigenvalue weighted by molar-refractivity contribution is -0.445. The molecule has 0 aliphatic heterocycles. The molecular formula is C24H6Cl2F32N2O2. The smallest absolute Gasteiger partial charge is 0.319 e. The molecule has 0 heterocycles. The van der Waals surface area contributed by atoms with E-state index >= 15 is 0 Å². The van der Waals surface area contributed by atoms with Gasteiger partial charge in [0.15, 0.2) is 0 Å². The van der Waals surface area contributed by atoms with Crippen LogP contribution in [0.5, 0.6) is 0 Å². The van der Waals surface area contributed by atoms with Gasteiger partial charge in [-0.15, -0.1) is 0 Å². The molecule has 0 radical (unpaired) electrons. The van der Waals surface area contributed by atoms with Crippen molar-refractivity contribution in [1.82, 2.24) is 0 Å². The maximum Gasteiger partial charge on any atom is 0.393 e. The molecule has 0 aromatic heterocycles. The standard InChI is InChI=1S/C24H6Cl2F32N2O2/c25-23(55,56)21(51,52)19(47,48)17(43,44)15(39,40)13(35,36)11(31,32)9(27,28)7(61)59-5-3-1-2-4-6(5)60-8(62)10(29,30)12(33,34)14(37,38)16(41,42)18(45,46)20(49,50)22(53,54)24(26,57)58/h1-4H,(H,59,61)(H,60,62). The Morgan fingerprint density at radius 3 is 0.645 bits per heavy atom. The van der Waals surface area contributed by atoms with Gasteiger partial charge in [0.25, 0.3) is 0 Å². The first-order chi connectivity index (χ1) is 26.5. The van der Waals surface area contributed by atoms with Gasteiger partial charge in [-0.25, -0.2) is 0 Å². The fourth-order valence-corrected chi connectivity index (χ4v) is 3.95. The minimum absolute atomic E-state index is 0.0539. The van der Waals surface area contributed by atoms with Crippen molar-refractivity contribution >= 4 is 46.4 Å². The summed E-state index contributed by atoms with van der Waals surface area (Å²) >= 11 is 6.66. The van der Waals surface area contributed by atoms with Crippen molar-refractivity contribution in [1.29, 1.82) is 0 Å². The van der Waals surface area contributed by atoms with E-state index in [1.807, 2.05) is 0 Å². The molecule has 62 heavy (non-hydrogen) atoms. The number of alkyl halides is 34. The quantitative estimate of drug-likeness (QED) is 0.114. The van der Waals surface area contributed by atoms with E-state index in [-0.39, 0.29) is 22.8 Å². The topological polar surface area (TPSA) is 58.2 Å². The van der Waals surface area contributed by atoms with E-state index in [2.05, 4.69) is 23.2 Å². The fraction of sp³-hybridized carbons (Fsp3) is 0.667. The summed E-state index contributed by atoms with van der Waals surface area (Å²) in [6.07, 6.45) is 0. The van der Waals surface area contributed by atoms with Gasteiger partial charge in [-0.2, -0.15) is 140 Å². The summed E-state index contributed by atoms with van der Waals surface area (Å²) in [6.45, 7) is 0. The van der Waals surface area contributed by atoms with Crippen molar-refractivity contribution in [2.45, 2.75) is 93.7 Å². The summed E-state index contributed by atoms with van der Waals surface area (Å²) in [5, 5.41) is -14.5. The number of amides is 2. The van der Waals surface area contributed by atoms with Crippen LogP contribution in [0.4, 0.5) is 152 Å². The fourth-order valence-electron chi connectivity index (χ4n) is 3.72. The number of nitrogens with one attached hydrogen (secondary N) is 2. The molecule has 362 valence electrons. The predicted octanol–water partition coefficient (Wildman–Crippen LogP) is 12.1. The molecule has 0 fully saturated rings. The highest BCUT2D eigenvalue weighted by Gasteiger charge is 2.97. The molecule has 0 spiro atoms. The third kappa shape index (κ3) is 7.39. The summed E-state index contributed by atoms with van der Waals surface area (Å²) in [7, 11) is 0. The molecule has 2 amide bonds. The van der Waals surface area contributed by atoms with Crippen LogP contribution >= 0.6 is 23.2 Å². The van der Waals surface area contributed by atoms with Crippen molar-refractivity contribution in [3.63, 3.8) is 0 Å². The lowest BCUT2D eigenvalue weighted by Crippen LogP contribution is -2.75. The number of halogens is 34. The number of benzene rings is 1. The first kappa shape index (κ1) is 56.5. The summed E-state index contributed by atoms with van der Waals surface area (Å²) in [5.41, 5.74) is -4.80. The normalized spacial score (nSPS) is 16.0. The molecule has 0 unspecified atom stereocenters. The number of anilines is 2. The summed E-state index contributed by atoms with van der Waals surface area (Å²) in [4.78, 5) is 23.7. The maximum absolute atomic E-state index is 14.3. The van der Waals surface area contributed by atoms with Gasteiger partial charge >= 0.3 is 105 Å². The molecule has 0 aliphatic rings. The van der Waals surface area contributed by atoms with Crippen molar-refractivity contribution in [3.05, 3.63) is 24.3 Å². The van der Waals surface area contributed by atoms with Crippen molar-refractivity contribution in [2.24, 2.45) is 0 Å². The average molecular weight is 1030 g/mol. The van der Waals surface area contributed by atoms with Gasteiger partial charge in [0.1, 0.15) is 0 Å². The van der Waals surface area contributed by atoms with Crippen LogP contribution in [0, 0.1) is 0 Å². The molecule has 1 aromatic rings. The van der Waals surface area contributed by atoms with Crippen molar-refractivity contribution in [2.75, 3.05) is 10.6 Å². The van der Waals surface area contributed by atoms with E-state index in [0.717, 1.165) is 0 Å². The van der Waals surface area contributed by atoms with Crippen LogP contribution in [0.2, 0.25) is 0 Å². The number of rotatable bonds is 18. The largest absolute Gasteiger partial charge is 0.393 e. The first-order valence-corrected chi connectivity index (χ1v) is 14.4. The Kier molecular flexibility index (Phi) is 13.7. The molecule has 38 heteroatoms. The molecular weight excluding hydrogens is 1030 g/mol. The van der Waals surface area contributed by atoms with Gasteiger partial charge in [0, 0.05) is 0 Å². The van der Waals surface area contributed by atoms with E-state index < -0.39 is 129 Å². The van der Waals surface area contributed by atoms with Gasteiger partial charge in [-0.3, -0.25) is 9.59 Å². The lowest BCUT2D eigenvalue weighted by atomic mass is 9.89. The van der Waals surface area contributed by atoms with Gasteiger partial charge in [0.2, 0.25) is 0 Å². The van der Waals surface area contributed by atoms with Crippen LogP contribution in [0.15, 0.2) is 24.3 Å². The summed E-state index contributed by atoms with van der Waals surface area (Å²) in [5.74, 6) is -131. The molecule has 0 saturated carbocycles. The van der Waals surface area contributed by atoms with Crippen LogP contribution in [0.1, 0.15) is 0 Å². The third-order valence-corrected chi connectivity index (χ3v) is 7.91. The molecule has 0 saturated heterocycles. The highest BCUT2D eigenvalue weighted by atomic mass is 35.5. The molecule has 0 atom stereocenters. The van der Waals surface area contributed by atoms with Gasteiger partial charge in [-0.1, -0.05) is 12.1 Å². The second kappa shape index (κ2) is 15.0. The second-order valence-electron chi connectivity index (χ2n) is 11.5. The zero-order valence-electron chi connectivity index (χ0n) is 27.0. The zero-order valence-corrected chi connectivity index (χ0v) is 28.5. The van der Waals surface area contributed by atoms with Crippen LogP contribution < -0.4 is 10.6 Å². The highest BCUT2D eigenvalue weighted by molar-refractivity contribution is 6.22. The van der Waals surface area contributed by atoms with Gasteiger partial charge in [-0.05, 0) is 35.3 Å². The number of para-hydroxylation sites is 2. The summed E-state index contributed by atoms with van der Waals surface area (Å²) < 4.78 is 439. The second-order valence-corrected chi connectivity index (χ2v) is 12.4. The van der Waals surface area contributed by atoms with E-state index in [1.165, 1.54) is 0 Å². The van der Waals surface area contributed by atoms with Gasteiger partial charge in [0.05, 0.1) is 11.4 Å². The van der Waals surface area contributed by atoms with Crippen LogP contribution in [0.3, 0.4) is 0 Å². The molecule has 2 N–H and O–H groups in total. The number of carbonyl (C=O) groups excluding carboxylic acids is 2. The number of carbonyl (C=O) groups is 2. The molecule has 1 rings (SSSR count). The molecule has 0 aliphatic carbocycles. The Labute approximate surface area is 325 Å². The molecule has 0 bridgehead atoms. The Hall–Kier alpha value is -3.50. The molecule has 4 nitrogen and oxygen atoms in total. The number of hydrogen-bond acceptors (Lipinski definition) is 2. The van der Waals surface area contributed by atoms with Gasteiger partial charge < -0.3 is 10.6 Å². The lowest BCUT2D eigenvalue weighted by Gasteiger charge is -2.42. The Bertz CT molecular complexity index is 1720. The predicted molar refractivity (Wildman–Crippen MR) is 135 cm³/mol. The van der Waals surface area contributed by atoms with E-state index in [1.54, 1.807) is 0 Å². The minimum Gasteiger partial charge on any atom is -0.319 e. The number of hydrogen-bond donors (Lipinski definition) is 2. The Balaban J connectivity index is 3.75. The third-order valence-electron chi connectivity index (χ3n) is 7.44. The van der Waals surface area contributed by atoms with Crippen LogP contribution in [-0.2, 0) is 9.59 Å². The van der Waals surface area contributed by atoms with Crippen LogP contribution in [-0.4, -0.2) is 105 Å². The molecule has 1 aromatic carbocycles. The zero-order chi connectivity index (χ0) is 50.6. The minimum atomic E-state index is -9.17. The average Bonchev–Trinajstić information content (AvgIpc) is 3.06. The first-order valence-electron chi connectivity index (χ1n) is 13.7. The van der Waals surface area contributed by atoms with E-state index in [9.17, 15) is 150 Å². The van der Waals surface area contributed by atoms with Crippen LogP contribution in [0.25, 0.3) is 0 Å². The monoisotopic (exact) mass is 1030 g/mol. The summed E-state index contributed by atoms with van der Waals surface area (Å²) in [6, 6.07) is -0.675. The van der Waals surface area contributed by atoms with Crippen molar-refractivity contribution in [3.8, 4) is 0 Å². The maximum atomic E-state index is 14.3. The Morgan fingerprint density at radius 2 is 0.468 bits per heavy atom. The SMILES string of the molecule is O=C(Nc1ccccc1NC(=O)C(F)(F)C(F)(F)C(F)(F)C(F)(F)C(F)(F)C(F)(F)C(F)(F)C(F)(F)Cl)C(F)(F)C(F)(F)C(F)(F)C(F)(F)C(F)(F)C(F)(F)C(F)(F)C(F)(F)Cl. The van der Waals surface area contributed by atoms with E-state index in [0.29, 0.717) is 0 Å².